The SMILES string of the molecule is CCS(=O)(=O)NC1CCCCC1COc1cccc(N(C)C)c1. The van der Waals surface area contributed by atoms with E-state index in [0.717, 1.165) is 37.1 Å². The average Bonchev–Trinajstić information content (AvgIpc) is 2.54. The van der Waals surface area contributed by atoms with Crippen molar-refractivity contribution in [2.24, 2.45) is 5.92 Å². The first-order valence-electron chi connectivity index (χ1n) is 8.31. The van der Waals surface area contributed by atoms with Crippen molar-refractivity contribution in [1.82, 2.24) is 4.72 Å². The van der Waals surface area contributed by atoms with E-state index >= 15 is 0 Å². The molecule has 0 amide bonds. The van der Waals surface area contributed by atoms with Gasteiger partial charge in [0, 0.05) is 37.8 Å². The lowest BCUT2D eigenvalue weighted by atomic mass is 9.86. The molecule has 130 valence electrons. The molecule has 0 aromatic heterocycles. The van der Waals surface area contributed by atoms with Crippen LogP contribution in [0.4, 0.5) is 5.69 Å². The highest BCUT2D eigenvalue weighted by molar-refractivity contribution is 7.89. The van der Waals surface area contributed by atoms with Crippen molar-refractivity contribution in [1.29, 1.82) is 0 Å². The molecule has 2 rings (SSSR count). The first-order chi connectivity index (χ1) is 10.9. The summed E-state index contributed by atoms with van der Waals surface area (Å²) in [6, 6.07) is 7.95. The van der Waals surface area contributed by atoms with Crippen molar-refractivity contribution in [3.05, 3.63) is 24.3 Å². The summed E-state index contributed by atoms with van der Waals surface area (Å²) < 4.78 is 32.5. The molecule has 1 aliphatic rings. The Labute approximate surface area is 140 Å². The van der Waals surface area contributed by atoms with Crippen LogP contribution in [0.15, 0.2) is 24.3 Å². The molecule has 0 spiro atoms. The summed E-state index contributed by atoms with van der Waals surface area (Å²) in [5, 5.41) is 0. The van der Waals surface area contributed by atoms with Crippen LogP contribution < -0.4 is 14.4 Å². The van der Waals surface area contributed by atoms with Gasteiger partial charge >= 0.3 is 0 Å². The first kappa shape index (κ1) is 18.1. The van der Waals surface area contributed by atoms with E-state index in [1.54, 1.807) is 6.92 Å². The van der Waals surface area contributed by atoms with Crippen molar-refractivity contribution in [3.8, 4) is 5.75 Å². The van der Waals surface area contributed by atoms with E-state index in [4.69, 9.17) is 4.74 Å². The Hall–Kier alpha value is -1.27. The van der Waals surface area contributed by atoms with Gasteiger partial charge in [-0.15, -0.1) is 0 Å². The minimum absolute atomic E-state index is 0.00858. The van der Waals surface area contributed by atoms with Crippen LogP contribution in [0, 0.1) is 5.92 Å². The summed E-state index contributed by atoms with van der Waals surface area (Å²) in [4.78, 5) is 2.03. The second kappa shape index (κ2) is 8.02. The fourth-order valence-electron chi connectivity index (χ4n) is 2.93. The van der Waals surface area contributed by atoms with Crippen LogP contribution in [0.3, 0.4) is 0 Å². The van der Waals surface area contributed by atoms with Gasteiger partial charge in [0.1, 0.15) is 5.75 Å². The summed E-state index contributed by atoms with van der Waals surface area (Å²) >= 11 is 0. The Kier molecular flexibility index (Phi) is 6.30. The van der Waals surface area contributed by atoms with E-state index in [-0.39, 0.29) is 17.7 Å². The second-order valence-corrected chi connectivity index (χ2v) is 8.42. The van der Waals surface area contributed by atoms with E-state index in [9.17, 15) is 8.42 Å². The summed E-state index contributed by atoms with van der Waals surface area (Å²) in [6.45, 7) is 2.22. The molecule has 1 fully saturated rings. The van der Waals surface area contributed by atoms with Crippen molar-refractivity contribution in [2.45, 2.75) is 38.6 Å². The highest BCUT2D eigenvalue weighted by Gasteiger charge is 2.28. The van der Waals surface area contributed by atoms with Gasteiger partial charge in [-0.1, -0.05) is 18.9 Å². The Bertz CT molecular complexity index is 602. The number of hydrogen-bond acceptors (Lipinski definition) is 4. The number of anilines is 1. The molecule has 1 aromatic rings. The van der Waals surface area contributed by atoms with E-state index in [2.05, 4.69) is 4.72 Å². The molecule has 23 heavy (non-hydrogen) atoms. The summed E-state index contributed by atoms with van der Waals surface area (Å²) in [6.07, 6.45) is 4.11. The van der Waals surface area contributed by atoms with Gasteiger partial charge in [0.25, 0.3) is 0 Å². The fourth-order valence-corrected chi connectivity index (χ4v) is 3.87. The molecular formula is C17H28N2O3S. The zero-order valence-corrected chi connectivity index (χ0v) is 15.1. The highest BCUT2D eigenvalue weighted by atomic mass is 32.2. The lowest BCUT2D eigenvalue weighted by molar-refractivity contribution is 0.180. The van der Waals surface area contributed by atoms with Gasteiger partial charge in [-0.2, -0.15) is 0 Å². The van der Waals surface area contributed by atoms with Crippen LogP contribution in [0.5, 0.6) is 5.75 Å². The first-order valence-corrected chi connectivity index (χ1v) is 9.96. The van der Waals surface area contributed by atoms with Crippen LogP contribution in [0.2, 0.25) is 0 Å². The standard InChI is InChI=1S/C17H28N2O3S/c1-4-23(20,21)18-17-11-6-5-8-14(17)13-22-16-10-7-9-15(12-16)19(2)3/h7,9-10,12,14,17-18H,4-6,8,11,13H2,1-3H3. The largest absolute Gasteiger partial charge is 0.493 e. The molecule has 0 heterocycles. The number of nitrogens with one attached hydrogen (secondary N) is 1. The Morgan fingerprint density at radius 3 is 2.70 bits per heavy atom. The Morgan fingerprint density at radius 2 is 2.00 bits per heavy atom. The molecule has 6 heteroatoms. The fraction of sp³-hybridized carbons (Fsp3) is 0.647. The number of sulfonamides is 1. The van der Waals surface area contributed by atoms with Gasteiger partial charge in [0.05, 0.1) is 12.4 Å². The van der Waals surface area contributed by atoms with Crippen molar-refractivity contribution < 1.29 is 13.2 Å². The maximum absolute atomic E-state index is 11.8. The average molecular weight is 340 g/mol. The molecular weight excluding hydrogens is 312 g/mol. The lowest BCUT2D eigenvalue weighted by Gasteiger charge is -2.31. The molecule has 0 aliphatic heterocycles. The zero-order valence-electron chi connectivity index (χ0n) is 14.3. The van der Waals surface area contributed by atoms with Crippen LogP contribution in [-0.4, -0.2) is 40.9 Å². The van der Waals surface area contributed by atoms with E-state index in [0.29, 0.717) is 6.61 Å². The second-order valence-electron chi connectivity index (χ2n) is 6.38. The lowest BCUT2D eigenvalue weighted by Crippen LogP contribution is -2.44. The topological polar surface area (TPSA) is 58.6 Å². The summed E-state index contributed by atoms with van der Waals surface area (Å²) in [7, 11) is 0.827. The minimum atomic E-state index is -3.17. The van der Waals surface area contributed by atoms with Crippen molar-refractivity contribution in [2.75, 3.05) is 31.4 Å². The number of rotatable bonds is 7. The summed E-state index contributed by atoms with van der Waals surface area (Å²) in [5.74, 6) is 1.19. The van der Waals surface area contributed by atoms with Gasteiger partial charge in [-0.05, 0) is 31.9 Å². The highest BCUT2D eigenvalue weighted by Crippen LogP contribution is 2.27. The third-order valence-electron chi connectivity index (χ3n) is 4.42. The molecule has 1 N–H and O–H groups in total. The molecule has 5 nitrogen and oxygen atoms in total. The van der Waals surface area contributed by atoms with Crippen molar-refractivity contribution in [3.63, 3.8) is 0 Å². The van der Waals surface area contributed by atoms with Gasteiger partial charge in [0.15, 0.2) is 0 Å². The maximum atomic E-state index is 11.8. The number of hydrogen-bond donors (Lipinski definition) is 1. The summed E-state index contributed by atoms with van der Waals surface area (Å²) in [5.41, 5.74) is 1.09. The zero-order chi connectivity index (χ0) is 16.9. The monoisotopic (exact) mass is 340 g/mol. The molecule has 1 saturated carbocycles. The van der Waals surface area contributed by atoms with Gasteiger partial charge in [-0.25, -0.2) is 13.1 Å². The van der Waals surface area contributed by atoms with Gasteiger partial charge in [0.2, 0.25) is 10.0 Å². The third-order valence-corrected chi connectivity index (χ3v) is 5.84. The van der Waals surface area contributed by atoms with Crippen LogP contribution >= 0.6 is 0 Å². The maximum Gasteiger partial charge on any atom is 0.211 e. The number of benzene rings is 1. The molecule has 1 aliphatic carbocycles. The molecule has 2 atom stereocenters. The quantitative estimate of drug-likeness (QED) is 0.829. The minimum Gasteiger partial charge on any atom is -0.493 e. The predicted octanol–water partition coefficient (Wildman–Crippen LogP) is 2.63. The number of nitrogens with zero attached hydrogens (tertiary/aromatic N) is 1. The molecule has 1 aromatic carbocycles. The van der Waals surface area contributed by atoms with Crippen LogP contribution in [0.1, 0.15) is 32.6 Å². The molecule has 2 unspecified atom stereocenters. The van der Waals surface area contributed by atoms with Gasteiger partial charge in [-0.3, -0.25) is 0 Å². The van der Waals surface area contributed by atoms with Crippen LogP contribution in [-0.2, 0) is 10.0 Å². The van der Waals surface area contributed by atoms with E-state index < -0.39 is 10.0 Å². The number of ether oxygens (including phenoxy) is 1. The van der Waals surface area contributed by atoms with Crippen molar-refractivity contribution >= 4 is 15.7 Å². The normalized spacial score (nSPS) is 21.9. The molecule has 0 saturated heterocycles. The van der Waals surface area contributed by atoms with E-state index in [1.165, 1.54) is 0 Å². The third kappa shape index (κ3) is 5.39. The van der Waals surface area contributed by atoms with Crippen LogP contribution in [0.25, 0.3) is 0 Å². The molecule has 0 radical (unpaired) electrons. The van der Waals surface area contributed by atoms with E-state index in [1.807, 2.05) is 43.3 Å². The Balaban J connectivity index is 1.98. The predicted molar refractivity (Wildman–Crippen MR) is 94.6 cm³/mol. The van der Waals surface area contributed by atoms with Gasteiger partial charge < -0.3 is 9.64 Å². The smallest absolute Gasteiger partial charge is 0.211 e. The Morgan fingerprint density at radius 1 is 1.26 bits per heavy atom. The molecule has 0 bridgehead atoms.